The molecule has 1 N–H and O–H groups in total. The lowest BCUT2D eigenvalue weighted by atomic mass is 9.86. The lowest BCUT2D eigenvalue weighted by molar-refractivity contribution is -0.143. The molecule has 0 amide bonds. The van der Waals surface area contributed by atoms with Gasteiger partial charge in [-0.2, -0.15) is 0 Å². The maximum atomic E-state index is 11.1. The Hall–Kier alpha value is -0.790. The summed E-state index contributed by atoms with van der Waals surface area (Å²) < 4.78 is 0. The summed E-state index contributed by atoms with van der Waals surface area (Å²) in [5, 5.41) is 9.18. The summed E-state index contributed by atoms with van der Waals surface area (Å²) >= 11 is 0. The van der Waals surface area contributed by atoms with Gasteiger partial charge in [0, 0.05) is 0 Å². The topological polar surface area (TPSA) is 37.3 Å². The third-order valence-corrected chi connectivity index (χ3v) is 3.15. The van der Waals surface area contributed by atoms with Crippen molar-refractivity contribution in [2.24, 2.45) is 11.8 Å². The van der Waals surface area contributed by atoms with Crippen LogP contribution in [0.25, 0.3) is 0 Å². The molecule has 2 unspecified atom stereocenters. The Kier molecular flexibility index (Phi) is 8.97. The third kappa shape index (κ3) is 6.65. The summed E-state index contributed by atoms with van der Waals surface area (Å²) in [5.41, 5.74) is 0. The number of hydrogen-bond acceptors (Lipinski definition) is 1. The van der Waals surface area contributed by atoms with E-state index in [1.54, 1.807) is 0 Å². The van der Waals surface area contributed by atoms with Crippen LogP contribution >= 0.6 is 0 Å². The van der Waals surface area contributed by atoms with Crippen LogP contribution in [0.4, 0.5) is 0 Å². The molecule has 2 heteroatoms. The Labute approximate surface area is 99.7 Å². The Morgan fingerprint density at radius 1 is 1.31 bits per heavy atom. The van der Waals surface area contributed by atoms with E-state index in [1.165, 1.54) is 12.8 Å². The number of hydrogen-bond donors (Lipinski definition) is 1. The van der Waals surface area contributed by atoms with E-state index < -0.39 is 5.97 Å². The van der Waals surface area contributed by atoms with E-state index in [0.29, 0.717) is 5.92 Å². The first-order chi connectivity index (χ1) is 7.63. The van der Waals surface area contributed by atoms with Crippen molar-refractivity contribution in [1.82, 2.24) is 0 Å². The van der Waals surface area contributed by atoms with Gasteiger partial charge in [-0.05, 0) is 32.1 Å². The summed E-state index contributed by atoms with van der Waals surface area (Å²) in [6.45, 7) is 6.22. The fourth-order valence-corrected chi connectivity index (χ4v) is 2.01. The van der Waals surface area contributed by atoms with Crippen molar-refractivity contribution in [2.75, 3.05) is 0 Å². The van der Waals surface area contributed by atoms with Gasteiger partial charge in [-0.1, -0.05) is 45.3 Å². The predicted molar refractivity (Wildman–Crippen MR) is 68.5 cm³/mol. The fourth-order valence-electron chi connectivity index (χ4n) is 2.01. The van der Waals surface area contributed by atoms with E-state index in [9.17, 15) is 9.90 Å². The van der Waals surface area contributed by atoms with Gasteiger partial charge in [0.25, 0.3) is 0 Å². The zero-order valence-corrected chi connectivity index (χ0v) is 10.9. The third-order valence-electron chi connectivity index (χ3n) is 3.15. The number of unbranched alkanes of at least 4 members (excludes halogenated alkanes) is 2. The Morgan fingerprint density at radius 3 is 2.50 bits per heavy atom. The van der Waals surface area contributed by atoms with Crippen molar-refractivity contribution in [3.05, 3.63) is 12.2 Å². The number of carboxylic acids is 1. The van der Waals surface area contributed by atoms with Crippen LogP contribution in [0.3, 0.4) is 0 Å². The molecule has 2 atom stereocenters. The molecule has 0 spiro atoms. The highest BCUT2D eigenvalue weighted by Gasteiger charge is 2.23. The molecule has 0 saturated carbocycles. The molecule has 0 radical (unpaired) electrons. The number of allylic oxidation sites excluding steroid dienone is 2. The Bertz CT molecular complexity index is 209. The molecule has 0 rings (SSSR count). The standard InChI is InChI=1S/C14H26O2/c1-4-6-8-10-12(3)13(14(15)16)11-9-7-5-2/h5,7,12-13H,4,6,8-11H2,1-3H3,(H,15,16). The van der Waals surface area contributed by atoms with E-state index in [4.69, 9.17) is 0 Å². The molecule has 0 saturated heterocycles. The van der Waals surface area contributed by atoms with Crippen LogP contribution in [0.2, 0.25) is 0 Å². The second-order valence-electron chi connectivity index (χ2n) is 4.56. The van der Waals surface area contributed by atoms with Gasteiger partial charge in [0.2, 0.25) is 0 Å². The molecule has 0 bridgehead atoms. The molecule has 0 aromatic heterocycles. The highest BCUT2D eigenvalue weighted by atomic mass is 16.4. The van der Waals surface area contributed by atoms with Gasteiger partial charge >= 0.3 is 5.97 Å². The lowest BCUT2D eigenvalue weighted by Gasteiger charge is -2.19. The van der Waals surface area contributed by atoms with Gasteiger partial charge < -0.3 is 5.11 Å². The highest BCUT2D eigenvalue weighted by molar-refractivity contribution is 5.70. The second-order valence-corrected chi connectivity index (χ2v) is 4.56. The molecule has 0 aliphatic rings. The predicted octanol–water partition coefficient (Wildman–Crippen LogP) is 4.26. The number of aliphatic carboxylic acids is 1. The van der Waals surface area contributed by atoms with Crippen LogP contribution in [0, 0.1) is 11.8 Å². The van der Waals surface area contributed by atoms with Crippen molar-refractivity contribution in [3.63, 3.8) is 0 Å². The SMILES string of the molecule is CC=CCCC(C(=O)O)C(C)CCCCC. The van der Waals surface area contributed by atoms with Gasteiger partial charge in [-0.15, -0.1) is 0 Å². The number of carboxylic acid groups (broad SMARTS) is 1. The van der Waals surface area contributed by atoms with Crippen LogP contribution < -0.4 is 0 Å². The van der Waals surface area contributed by atoms with Crippen molar-refractivity contribution in [1.29, 1.82) is 0 Å². The second kappa shape index (κ2) is 9.44. The molecule has 94 valence electrons. The zero-order valence-electron chi connectivity index (χ0n) is 10.9. The maximum absolute atomic E-state index is 11.1. The highest BCUT2D eigenvalue weighted by Crippen LogP contribution is 2.23. The molecule has 2 nitrogen and oxygen atoms in total. The van der Waals surface area contributed by atoms with Crippen LogP contribution in [0.15, 0.2) is 12.2 Å². The average molecular weight is 226 g/mol. The molecule has 0 aliphatic carbocycles. The van der Waals surface area contributed by atoms with Gasteiger partial charge in [-0.25, -0.2) is 0 Å². The Balaban J connectivity index is 4.02. The quantitative estimate of drug-likeness (QED) is 0.471. The van der Waals surface area contributed by atoms with Gasteiger partial charge in [0.1, 0.15) is 0 Å². The first-order valence-electron chi connectivity index (χ1n) is 6.47. The molecule has 0 aliphatic heterocycles. The molecule has 0 aromatic carbocycles. The van der Waals surface area contributed by atoms with E-state index in [2.05, 4.69) is 19.9 Å². The van der Waals surface area contributed by atoms with Gasteiger partial charge in [0.15, 0.2) is 0 Å². The average Bonchev–Trinajstić information content (AvgIpc) is 2.24. The summed E-state index contributed by atoms with van der Waals surface area (Å²) in [4.78, 5) is 11.1. The minimum Gasteiger partial charge on any atom is -0.481 e. The lowest BCUT2D eigenvalue weighted by Crippen LogP contribution is -2.21. The van der Waals surface area contributed by atoms with Crippen molar-refractivity contribution in [3.8, 4) is 0 Å². The molecule has 0 heterocycles. The normalized spacial score (nSPS) is 15.2. The van der Waals surface area contributed by atoms with E-state index in [0.717, 1.165) is 25.7 Å². The van der Waals surface area contributed by atoms with E-state index in [1.807, 2.05) is 13.0 Å². The summed E-state index contributed by atoms with van der Waals surface area (Å²) in [7, 11) is 0. The van der Waals surface area contributed by atoms with Crippen LogP contribution in [0.5, 0.6) is 0 Å². The molecular weight excluding hydrogens is 200 g/mol. The fraction of sp³-hybridized carbons (Fsp3) is 0.786. The summed E-state index contributed by atoms with van der Waals surface area (Å²) in [6, 6.07) is 0. The van der Waals surface area contributed by atoms with Crippen molar-refractivity contribution < 1.29 is 9.90 Å². The van der Waals surface area contributed by atoms with Crippen LogP contribution in [-0.2, 0) is 4.79 Å². The molecule has 0 fully saturated rings. The van der Waals surface area contributed by atoms with Crippen LogP contribution in [0.1, 0.15) is 59.3 Å². The minimum absolute atomic E-state index is 0.173. The van der Waals surface area contributed by atoms with Crippen molar-refractivity contribution in [2.45, 2.75) is 59.3 Å². The number of carbonyl (C=O) groups is 1. The summed E-state index contributed by atoms with van der Waals surface area (Å²) in [6.07, 6.45) is 10.3. The maximum Gasteiger partial charge on any atom is 0.306 e. The Morgan fingerprint density at radius 2 is 2.00 bits per heavy atom. The van der Waals surface area contributed by atoms with E-state index in [-0.39, 0.29) is 5.92 Å². The largest absolute Gasteiger partial charge is 0.481 e. The van der Waals surface area contributed by atoms with Gasteiger partial charge in [-0.3, -0.25) is 4.79 Å². The molecule has 0 aromatic rings. The van der Waals surface area contributed by atoms with Crippen molar-refractivity contribution >= 4 is 5.97 Å². The first-order valence-corrected chi connectivity index (χ1v) is 6.47. The molecular formula is C14H26O2. The molecule has 16 heavy (non-hydrogen) atoms. The van der Waals surface area contributed by atoms with Gasteiger partial charge in [0.05, 0.1) is 5.92 Å². The smallest absolute Gasteiger partial charge is 0.306 e. The van der Waals surface area contributed by atoms with Crippen LogP contribution in [-0.4, -0.2) is 11.1 Å². The number of rotatable bonds is 9. The monoisotopic (exact) mass is 226 g/mol. The zero-order chi connectivity index (χ0) is 12.4. The first kappa shape index (κ1) is 15.2. The van der Waals surface area contributed by atoms with E-state index >= 15 is 0 Å². The summed E-state index contributed by atoms with van der Waals surface area (Å²) in [5.74, 6) is -0.504. The minimum atomic E-state index is -0.631.